The normalized spacial score (nSPS) is 11.7. The molecule has 0 aliphatic heterocycles. The lowest BCUT2D eigenvalue weighted by atomic mass is 10.1. The number of hydrogen-bond donors (Lipinski definition) is 1. The second-order valence-electron chi connectivity index (χ2n) is 5.24. The summed E-state index contributed by atoms with van der Waals surface area (Å²) in [7, 11) is 0. The van der Waals surface area contributed by atoms with Crippen LogP contribution >= 0.6 is 22.6 Å². The summed E-state index contributed by atoms with van der Waals surface area (Å²) in [5.41, 5.74) is 1.29. The standard InChI is InChI=1S/C18H20INO2/c1-14(10-11-15-6-3-2-4-7-15)20-18(21)13-22-17-9-5-8-16(19)12-17/h2-9,12,14H,10-11,13H2,1H3,(H,20,21)/t14-/m0/s1. The van der Waals surface area contributed by atoms with Crippen molar-refractivity contribution in [2.75, 3.05) is 6.61 Å². The van der Waals surface area contributed by atoms with Crippen LogP contribution in [0, 0.1) is 3.57 Å². The van der Waals surface area contributed by atoms with Crippen LogP contribution in [0.4, 0.5) is 0 Å². The predicted molar refractivity (Wildman–Crippen MR) is 97.0 cm³/mol. The highest BCUT2D eigenvalue weighted by Gasteiger charge is 2.08. The van der Waals surface area contributed by atoms with Crippen molar-refractivity contribution in [2.24, 2.45) is 0 Å². The van der Waals surface area contributed by atoms with Crippen molar-refractivity contribution in [3.63, 3.8) is 0 Å². The van der Waals surface area contributed by atoms with Gasteiger partial charge < -0.3 is 10.1 Å². The molecule has 0 aliphatic rings. The van der Waals surface area contributed by atoms with Crippen LogP contribution < -0.4 is 10.1 Å². The Kier molecular flexibility index (Phi) is 6.71. The monoisotopic (exact) mass is 409 g/mol. The second kappa shape index (κ2) is 8.78. The van der Waals surface area contributed by atoms with Crippen molar-refractivity contribution in [3.8, 4) is 5.75 Å². The van der Waals surface area contributed by atoms with E-state index in [1.807, 2.05) is 49.4 Å². The fourth-order valence-corrected chi connectivity index (χ4v) is 2.64. The van der Waals surface area contributed by atoms with Crippen molar-refractivity contribution in [1.29, 1.82) is 0 Å². The number of aryl methyl sites for hydroxylation is 1. The number of ether oxygens (including phenoxy) is 1. The molecule has 2 aromatic rings. The van der Waals surface area contributed by atoms with E-state index in [-0.39, 0.29) is 18.6 Å². The van der Waals surface area contributed by atoms with Crippen LogP contribution in [0.5, 0.6) is 5.75 Å². The van der Waals surface area contributed by atoms with E-state index in [1.54, 1.807) is 0 Å². The molecule has 3 nitrogen and oxygen atoms in total. The maximum atomic E-state index is 11.9. The number of carbonyl (C=O) groups excluding carboxylic acids is 1. The Morgan fingerprint density at radius 3 is 2.68 bits per heavy atom. The zero-order chi connectivity index (χ0) is 15.8. The summed E-state index contributed by atoms with van der Waals surface area (Å²) in [6.07, 6.45) is 1.87. The zero-order valence-corrected chi connectivity index (χ0v) is 14.7. The lowest BCUT2D eigenvalue weighted by Crippen LogP contribution is -2.36. The molecule has 0 spiro atoms. The van der Waals surface area contributed by atoms with E-state index in [2.05, 4.69) is 40.0 Å². The van der Waals surface area contributed by atoms with E-state index < -0.39 is 0 Å². The zero-order valence-electron chi connectivity index (χ0n) is 12.6. The summed E-state index contributed by atoms with van der Waals surface area (Å²) in [5, 5.41) is 2.97. The smallest absolute Gasteiger partial charge is 0.258 e. The molecule has 0 saturated heterocycles. The lowest BCUT2D eigenvalue weighted by Gasteiger charge is -2.14. The van der Waals surface area contributed by atoms with E-state index in [0.29, 0.717) is 0 Å². The van der Waals surface area contributed by atoms with E-state index in [1.165, 1.54) is 5.56 Å². The van der Waals surface area contributed by atoms with Crippen LogP contribution in [-0.2, 0) is 11.2 Å². The van der Waals surface area contributed by atoms with Crippen molar-refractivity contribution >= 4 is 28.5 Å². The molecule has 2 aromatic carbocycles. The van der Waals surface area contributed by atoms with Gasteiger partial charge in [-0.1, -0.05) is 36.4 Å². The number of carbonyl (C=O) groups is 1. The predicted octanol–water partition coefficient (Wildman–Crippen LogP) is 3.81. The molecule has 4 heteroatoms. The Hall–Kier alpha value is -1.56. The van der Waals surface area contributed by atoms with Crippen LogP contribution in [0.25, 0.3) is 0 Å². The maximum Gasteiger partial charge on any atom is 0.258 e. The van der Waals surface area contributed by atoms with Gasteiger partial charge in [-0.3, -0.25) is 4.79 Å². The minimum absolute atomic E-state index is 0.0514. The molecule has 1 atom stereocenters. The quantitative estimate of drug-likeness (QED) is 0.707. The van der Waals surface area contributed by atoms with E-state index in [0.717, 1.165) is 22.2 Å². The minimum atomic E-state index is -0.0839. The summed E-state index contributed by atoms with van der Waals surface area (Å²) in [6.45, 7) is 2.07. The van der Waals surface area contributed by atoms with E-state index in [9.17, 15) is 4.79 Å². The molecule has 0 saturated carbocycles. The van der Waals surface area contributed by atoms with Gasteiger partial charge in [0.1, 0.15) is 5.75 Å². The van der Waals surface area contributed by atoms with Crippen LogP contribution in [-0.4, -0.2) is 18.6 Å². The number of benzene rings is 2. The molecule has 22 heavy (non-hydrogen) atoms. The van der Waals surface area contributed by atoms with Gasteiger partial charge in [0, 0.05) is 9.61 Å². The van der Waals surface area contributed by atoms with Gasteiger partial charge in [0.25, 0.3) is 5.91 Å². The van der Waals surface area contributed by atoms with Crippen LogP contribution in [0.3, 0.4) is 0 Å². The first-order chi connectivity index (χ1) is 10.6. The van der Waals surface area contributed by atoms with Gasteiger partial charge in [-0.2, -0.15) is 0 Å². The molecule has 1 amide bonds. The van der Waals surface area contributed by atoms with Gasteiger partial charge in [0.05, 0.1) is 0 Å². The fraction of sp³-hybridized carbons (Fsp3) is 0.278. The number of nitrogens with one attached hydrogen (secondary N) is 1. The Morgan fingerprint density at radius 1 is 1.18 bits per heavy atom. The molecular weight excluding hydrogens is 389 g/mol. The summed E-state index contributed by atoms with van der Waals surface area (Å²) < 4.78 is 6.59. The maximum absolute atomic E-state index is 11.9. The van der Waals surface area contributed by atoms with Crippen molar-refractivity contribution in [2.45, 2.75) is 25.8 Å². The van der Waals surface area contributed by atoms with Gasteiger partial charge in [-0.15, -0.1) is 0 Å². The molecule has 0 unspecified atom stereocenters. The minimum Gasteiger partial charge on any atom is -0.484 e. The molecule has 0 bridgehead atoms. The lowest BCUT2D eigenvalue weighted by molar-refractivity contribution is -0.123. The summed E-state index contributed by atoms with van der Waals surface area (Å²) in [5.74, 6) is 0.637. The fourth-order valence-electron chi connectivity index (χ4n) is 2.12. The van der Waals surface area contributed by atoms with Crippen molar-refractivity contribution in [3.05, 3.63) is 63.7 Å². The van der Waals surface area contributed by atoms with Gasteiger partial charge >= 0.3 is 0 Å². The third kappa shape index (κ3) is 6.05. The van der Waals surface area contributed by atoms with E-state index >= 15 is 0 Å². The highest BCUT2D eigenvalue weighted by molar-refractivity contribution is 14.1. The SMILES string of the molecule is C[C@@H](CCc1ccccc1)NC(=O)COc1cccc(I)c1. The first-order valence-electron chi connectivity index (χ1n) is 7.35. The van der Waals surface area contributed by atoms with Gasteiger partial charge in [0.15, 0.2) is 6.61 Å². The molecule has 0 aromatic heterocycles. The molecule has 0 radical (unpaired) electrons. The molecule has 2 rings (SSSR count). The third-order valence-corrected chi connectivity index (χ3v) is 3.95. The first-order valence-corrected chi connectivity index (χ1v) is 8.43. The average molecular weight is 409 g/mol. The number of rotatable bonds is 7. The third-order valence-electron chi connectivity index (χ3n) is 3.28. The Balaban J connectivity index is 1.70. The summed E-state index contributed by atoms with van der Waals surface area (Å²) in [4.78, 5) is 11.9. The number of halogens is 1. The van der Waals surface area contributed by atoms with Crippen LogP contribution in [0.1, 0.15) is 18.9 Å². The van der Waals surface area contributed by atoms with Gasteiger partial charge in [0.2, 0.25) is 0 Å². The van der Waals surface area contributed by atoms with E-state index in [4.69, 9.17) is 4.74 Å². The van der Waals surface area contributed by atoms with Crippen LogP contribution in [0.15, 0.2) is 54.6 Å². The van der Waals surface area contributed by atoms with Gasteiger partial charge in [-0.05, 0) is 66.1 Å². The topological polar surface area (TPSA) is 38.3 Å². The van der Waals surface area contributed by atoms with Crippen LogP contribution in [0.2, 0.25) is 0 Å². The largest absolute Gasteiger partial charge is 0.484 e. The average Bonchev–Trinajstić information content (AvgIpc) is 2.52. The molecule has 0 fully saturated rings. The second-order valence-corrected chi connectivity index (χ2v) is 6.48. The Morgan fingerprint density at radius 2 is 1.95 bits per heavy atom. The first kappa shape index (κ1) is 16.8. The van der Waals surface area contributed by atoms with Gasteiger partial charge in [-0.25, -0.2) is 0 Å². The van der Waals surface area contributed by atoms with Crippen molar-refractivity contribution in [1.82, 2.24) is 5.32 Å². The molecule has 116 valence electrons. The highest BCUT2D eigenvalue weighted by atomic mass is 127. The molecular formula is C18H20INO2. The molecule has 0 heterocycles. The Labute approximate surface area is 145 Å². The highest BCUT2D eigenvalue weighted by Crippen LogP contribution is 2.14. The van der Waals surface area contributed by atoms with Crippen molar-refractivity contribution < 1.29 is 9.53 Å². The Bertz CT molecular complexity index is 601. The molecule has 0 aliphatic carbocycles. The summed E-state index contributed by atoms with van der Waals surface area (Å²) in [6, 6.07) is 18.1. The molecule has 1 N–H and O–H groups in total. The number of hydrogen-bond acceptors (Lipinski definition) is 2. The summed E-state index contributed by atoms with van der Waals surface area (Å²) >= 11 is 2.22. The number of amides is 1.